The highest BCUT2D eigenvalue weighted by Crippen LogP contribution is 2.40. The SMILES string of the molecule is NCCn1nc2c(c1C(=O)O)CCc1cc(OC(=O)C(F)(F)F)c(Br)cc1-2. The second-order valence-corrected chi connectivity index (χ2v) is 6.67. The van der Waals surface area contributed by atoms with Gasteiger partial charge in [-0.1, -0.05) is 0 Å². The first-order valence-electron chi connectivity index (χ1n) is 7.78. The number of fused-ring (bicyclic) bond motifs is 3. The number of nitrogens with zero attached hydrogens (tertiary/aromatic N) is 2. The zero-order valence-electron chi connectivity index (χ0n) is 13.6. The summed E-state index contributed by atoms with van der Waals surface area (Å²) < 4.78 is 43.1. The van der Waals surface area contributed by atoms with Crippen molar-refractivity contribution in [3.63, 3.8) is 0 Å². The van der Waals surface area contributed by atoms with Crippen molar-refractivity contribution in [3.8, 4) is 17.0 Å². The number of carbonyl (C=O) groups excluding carboxylic acids is 1. The molecular formula is C16H13BrF3N3O4. The molecule has 0 saturated carbocycles. The number of hydrogen-bond donors (Lipinski definition) is 2. The van der Waals surface area contributed by atoms with Gasteiger partial charge in [-0.15, -0.1) is 0 Å². The van der Waals surface area contributed by atoms with Gasteiger partial charge in [0.25, 0.3) is 0 Å². The lowest BCUT2D eigenvalue weighted by Crippen LogP contribution is -2.28. The number of halogens is 4. The van der Waals surface area contributed by atoms with Crippen LogP contribution in [0.5, 0.6) is 5.75 Å². The second-order valence-electron chi connectivity index (χ2n) is 5.82. The Morgan fingerprint density at radius 1 is 1.33 bits per heavy atom. The van der Waals surface area contributed by atoms with E-state index in [1.165, 1.54) is 16.8 Å². The third-order valence-corrected chi connectivity index (χ3v) is 4.71. The molecule has 2 aromatic rings. The molecular weight excluding hydrogens is 435 g/mol. The average Bonchev–Trinajstić information content (AvgIpc) is 2.93. The number of aromatic carboxylic acids is 1. The van der Waals surface area contributed by atoms with Crippen LogP contribution in [-0.2, 0) is 24.2 Å². The van der Waals surface area contributed by atoms with Crippen LogP contribution in [0, 0.1) is 0 Å². The number of aryl methyl sites for hydroxylation is 1. The van der Waals surface area contributed by atoms with E-state index in [1.54, 1.807) is 0 Å². The largest absolute Gasteiger partial charge is 0.491 e. The second kappa shape index (κ2) is 6.97. The van der Waals surface area contributed by atoms with Crippen molar-refractivity contribution in [1.82, 2.24) is 9.78 Å². The Bertz CT molecular complexity index is 940. The smallest absolute Gasteiger partial charge is 0.477 e. The highest BCUT2D eigenvalue weighted by atomic mass is 79.9. The molecule has 0 fully saturated rings. The van der Waals surface area contributed by atoms with E-state index in [4.69, 9.17) is 5.73 Å². The maximum atomic E-state index is 12.4. The molecule has 0 aliphatic heterocycles. The lowest BCUT2D eigenvalue weighted by molar-refractivity contribution is -0.189. The van der Waals surface area contributed by atoms with Gasteiger partial charge in [0.1, 0.15) is 11.4 Å². The number of carboxylic acid groups (broad SMARTS) is 1. The number of ether oxygens (including phenoxy) is 1. The summed E-state index contributed by atoms with van der Waals surface area (Å²) in [5.41, 5.74) is 7.68. The van der Waals surface area contributed by atoms with E-state index in [0.717, 1.165) is 0 Å². The van der Waals surface area contributed by atoms with Gasteiger partial charge in [-0.2, -0.15) is 18.3 Å². The lowest BCUT2D eigenvalue weighted by Gasteiger charge is -2.18. The molecule has 7 nitrogen and oxygen atoms in total. The van der Waals surface area contributed by atoms with E-state index in [1.807, 2.05) is 0 Å². The minimum atomic E-state index is -5.11. The number of carbonyl (C=O) groups is 2. The van der Waals surface area contributed by atoms with Crippen LogP contribution in [0.3, 0.4) is 0 Å². The molecule has 1 aromatic carbocycles. The highest BCUT2D eigenvalue weighted by molar-refractivity contribution is 9.10. The molecule has 144 valence electrons. The Morgan fingerprint density at radius 3 is 2.63 bits per heavy atom. The zero-order valence-corrected chi connectivity index (χ0v) is 15.2. The van der Waals surface area contributed by atoms with E-state index < -0.39 is 18.1 Å². The highest BCUT2D eigenvalue weighted by Gasteiger charge is 2.42. The van der Waals surface area contributed by atoms with Crippen LogP contribution < -0.4 is 10.5 Å². The van der Waals surface area contributed by atoms with Crippen molar-refractivity contribution < 1.29 is 32.6 Å². The zero-order chi connectivity index (χ0) is 19.9. The lowest BCUT2D eigenvalue weighted by atomic mass is 9.89. The Kier molecular flexibility index (Phi) is 5.00. The summed E-state index contributed by atoms with van der Waals surface area (Å²) in [4.78, 5) is 22.7. The predicted molar refractivity (Wildman–Crippen MR) is 90.5 cm³/mol. The molecule has 0 saturated heterocycles. The number of esters is 1. The number of rotatable bonds is 4. The number of benzene rings is 1. The van der Waals surface area contributed by atoms with Crippen LogP contribution in [0.25, 0.3) is 11.3 Å². The Morgan fingerprint density at radius 2 is 2.04 bits per heavy atom. The summed E-state index contributed by atoms with van der Waals surface area (Å²) in [6, 6.07) is 2.80. The summed E-state index contributed by atoms with van der Waals surface area (Å²) in [5, 5.41) is 13.8. The fourth-order valence-electron chi connectivity index (χ4n) is 2.99. The molecule has 3 rings (SSSR count). The Hall–Kier alpha value is -2.40. The van der Waals surface area contributed by atoms with Crippen LogP contribution in [0.2, 0.25) is 0 Å². The number of alkyl halides is 3. The summed E-state index contributed by atoms with van der Waals surface area (Å²) in [6.45, 7) is 0.413. The first-order valence-corrected chi connectivity index (χ1v) is 8.57. The fraction of sp³-hybridized carbons (Fsp3) is 0.312. The standard InChI is InChI=1S/C16H13BrF3N3O4/c17-10-6-9-7(5-11(10)27-15(26)16(18,19)20)1-2-8-12(9)22-23(4-3-21)13(8)14(24)25/h5-6H,1-4,21H2,(H,24,25). The molecule has 0 atom stereocenters. The maximum Gasteiger partial charge on any atom is 0.491 e. The van der Waals surface area contributed by atoms with E-state index in [9.17, 15) is 27.9 Å². The molecule has 0 radical (unpaired) electrons. The molecule has 1 aliphatic carbocycles. The summed E-state index contributed by atoms with van der Waals surface area (Å²) in [5.74, 6) is -3.71. The van der Waals surface area contributed by atoms with Gasteiger partial charge in [0.05, 0.1) is 16.7 Å². The molecule has 0 bridgehead atoms. The van der Waals surface area contributed by atoms with Gasteiger partial charge in [0, 0.05) is 17.7 Å². The molecule has 0 amide bonds. The molecule has 11 heteroatoms. The topological polar surface area (TPSA) is 107 Å². The number of nitrogens with two attached hydrogens (primary N) is 1. The summed E-state index contributed by atoms with van der Waals surface area (Å²) in [6.07, 6.45) is -4.41. The molecule has 3 N–H and O–H groups in total. The quantitative estimate of drug-likeness (QED) is 0.550. The van der Waals surface area contributed by atoms with Crippen LogP contribution >= 0.6 is 15.9 Å². The van der Waals surface area contributed by atoms with Gasteiger partial charge >= 0.3 is 18.1 Å². The Balaban J connectivity index is 2.06. The molecule has 0 unspecified atom stereocenters. The normalized spacial score (nSPS) is 13.1. The average molecular weight is 448 g/mol. The molecule has 1 aromatic heterocycles. The first kappa shape index (κ1) is 19.4. The number of aromatic nitrogens is 2. The van der Waals surface area contributed by atoms with Crippen LogP contribution in [0.15, 0.2) is 16.6 Å². The number of carboxylic acids is 1. The monoisotopic (exact) mass is 447 g/mol. The molecule has 1 heterocycles. The van der Waals surface area contributed by atoms with Crippen LogP contribution in [0.1, 0.15) is 21.6 Å². The molecule has 0 spiro atoms. The van der Waals surface area contributed by atoms with Gasteiger partial charge in [-0.3, -0.25) is 4.68 Å². The third-order valence-electron chi connectivity index (χ3n) is 4.09. The van der Waals surface area contributed by atoms with E-state index >= 15 is 0 Å². The molecule has 1 aliphatic rings. The van der Waals surface area contributed by atoms with E-state index in [-0.39, 0.29) is 29.0 Å². The van der Waals surface area contributed by atoms with Crippen molar-refractivity contribution in [2.75, 3.05) is 6.54 Å². The van der Waals surface area contributed by atoms with E-state index in [2.05, 4.69) is 25.8 Å². The van der Waals surface area contributed by atoms with Crippen molar-refractivity contribution in [2.24, 2.45) is 5.73 Å². The fourth-order valence-corrected chi connectivity index (χ4v) is 3.42. The van der Waals surface area contributed by atoms with Crippen molar-refractivity contribution >= 4 is 27.9 Å². The maximum absolute atomic E-state index is 12.4. The van der Waals surface area contributed by atoms with Crippen LogP contribution in [-0.4, -0.2) is 39.5 Å². The van der Waals surface area contributed by atoms with Crippen LogP contribution in [0.4, 0.5) is 13.2 Å². The van der Waals surface area contributed by atoms with Crippen molar-refractivity contribution in [1.29, 1.82) is 0 Å². The minimum Gasteiger partial charge on any atom is -0.477 e. The Labute approximate surface area is 159 Å². The van der Waals surface area contributed by atoms with Gasteiger partial charge in [-0.05, 0) is 46.5 Å². The van der Waals surface area contributed by atoms with Gasteiger partial charge < -0.3 is 15.6 Å². The minimum absolute atomic E-state index is 0.0461. The van der Waals surface area contributed by atoms with Crippen molar-refractivity contribution in [2.45, 2.75) is 25.6 Å². The van der Waals surface area contributed by atoms with Crippen molar-refractivity contribution in [3.05, 3.63) is 33.4 Å². The third kappa shape index (κ3) is 3.56. The van der Waals surface area contributed by atoms with Gasteiger partial charge in [0.2, 0.25) is 0 Å². The summed E-state index contributed by atoms with van der Waals surface area (Å²) >= 11 is 3.09. The van der Waals surface area contributed by atoms with E-state index in [0.29, 0.717) is 35.2 Å². The first-order chi connectivity index (χ1) is 12.6. The van der Waals surface area contributed by atoms with Gasteiger partial charge in [0.15, 0.2) is 0 Å². The number of hydrogen-bond acceptors (Lipinski definition) is 5. The molecule has 27 heavy (non-hydrogen) atoms. The van der Waals surface area contributed by atoms with Gasteiger partial charge in [-0.25, -0.2) is 9.59 Å². The summed E-state index contributed by atoms with van der Waals surface area (Å²) in [7, 11) is 0. The predicted octanol–water partition coefficient (Wildman–Crippen LogP) is 2.54.